The second kappa shape index (κ2) is 6.46. The van der Waals surface area contributed by atoms with Crippen LogP contribution >= 0.6 is 50.7 Å². The lowest BCUT2D eigenvalue weighted by Crippen LogP contribution is -2.30. The smallest absolute Gasteiger partial charge is 0.149 e. The van der Waals surface area contributed by atoms with Gasteiger partial charge in [0, 0.05) is 15.7 Å². The Morgan fingerprint density at radius 3 is 2.48 bits per heavy atom. The lowest BCUT2D eigenvalue weighted by atomic mass is 9.93. The molecular weight excluding hydrogens is 394 g/mol. The summed E-state index contributed by atoms with van der Waals surface area (Å²) in [4.78, 5) is 0. The highest BCUT2D eigenvalue weighted by molar-refractivity contribution is 9.10. The standard InChI is InChI=1S/C15H10BrCl3N2/c1-15(8-20,10-3-2-4-13(18)14(10)19)21-9-5-6-12(17)11(16)7-9/h2-7,21H,1H3. The van der Waals surface area contributed by atoms with Crippen LogP contribution < -0.4 is 5.32 Å². The van der Waals surface area contributed by atoms with E-state index >= 15 is 0 Å². The molecule has 0 aliphatic heterocycles. The number of benzene rings is 2. The van der Waals surface area contributed by atoms with Gasteiger partial charge in [-0.3, -0.25) is 0 Å². The molecule has 6 heteroatoms. The molecule has 0 spiro atoms. The monoisotopic (exact) mass is 402 g/mol. The normalized spacial score (nSPS) is 13.3. The van der Waals surface area contributed by atoms with Gasteiger partial charge in [0.1, 0.15) is 5.54 Å². The maximum absolute atomic E-state index is 9.59. The topological polar surface area (TPSA) is 35.8 Å². The van der Waals surface area contributed by atoms with E-state index in [-0.39, 0.29) is 0 Å². The number of anilines is 1. The second-order valence-corrected chi connectivity index (χ2v) is 6.64. The molecule has 0 amide bonds. The molecule has 0 heterocycles. The number of hydrogen-bond donors (Lipinski definition) is 1. The van der Waals surface area contributed by atoms with E-state index in [9.17, 15) is 5.26 Å². The van der Waals surface area contributed by atoms with Crippen molar-refractivity contribution in [3.05, 3.63) is 61.5 Å². The van der Waals surface area contributed by atoms with Gasteiger partial charge in [0.2, 0.25) is 0 Å². The van der Waals surface area contributed by atoms with Gasteiger partial charge in [0.05, 0.1) is 21.1 Å². The second-order valence-electron chi connectivity index (χ2n) is 4.59. The SMILES string of the molecule is CC(C#N)(Nc1ccc(Cl)c(Br)c1)c1cccc(Cl)c1Cl. The molecule has 1 N–H and O–H groups in total. The molecule has 2 nitrogen and oxygen atoms in total. The molecule has 2 rings (SSSR count). The maximum atomic E-state index is 9.59. The molecular formula is C15H10BrCl3N2. The summed E-state index contributed by atoms with van der Waals surface area (Å²) < 4.78 is 0.742. The number of nitriles is 1. The Morgan fingerprint density at radius 2 is 1.86 bits per heavy atom. The van der Waals surface area contributed by atoms with E-state index in [2.05, 4.69) is 27.3 Å². The van der Waals surface area contributed by atoms with Crippen molar-refractivity contribution in [3.63, 3.8) is 0 Å². The number of nitrogens with zero attached hydrogens (tertiary/aromatic N) is 1. The summed E-state index contributed by atoms with van der Waals surface area (Å²) in [7, 11) is 0. The number of hydrogen-bond acceptors (Lipinski definition) is 2. The van der Waals surface area contributed by atoms with Gasteiger partial charge in [-0.25, -0.2) is 0 Å². The summed E-state index contributed by atoms with van der Waals surface area (Å²) in [6.45, 7) is 1.74. The fraction of sp³-hybridized carbons (Fsp3) is 0.133. The van der Waals surface area contributed by atoms with Crippen LogP contribution in [-0.4, -0.2) is 0 Å². The maximum Gasteiger partial charge on any atom is 0.149 e. The molecule has 0 aromatic heterocycles. The summed E-state index contributed by atoms with van der Waals surface area (Å²) in [5.74, 6) is 0. The molecule has 0 fully saturated rings. The first-order valence-electron chi connectivity index (χ1n) is 5.96. The molecule has 21 heavy (non-hydrogen) atoms. The first-order valence-corrected chi connectivity index (χ1v) is 7.89. The largest absolute Gasteiger partial charge is 0.364 e. The van der Waals surface area contributed by atoms with Crippen molar-refractivity contribution in [1.82, 2.24) is 0 Å². The Hall–Kier alpha value is -0.920. The summed E-state index contributed by atoms with van der Waals surface area (Å²) in [6, 6.07) is 12.8. The Bertz CT molecular complexity index is 727. The van der Waals surface area contributed by atoms with Crippen LogP contribution in [0.5, 0.6) is 0 Å². The molecule has 1 atom stereocenters. The third-order valence-corrected chi connectivity index (χ3v) is 5.06. The van der Waals surface area contributed by atoms with Gasteiger partial charge in [-0.15, -0.1) is 0 Å². The number of halogens is 4. The zero-order valence-electron chi connectivity index (χ0n) is 10.9. The van der Waals surface area contributed by atoms with Gasteiger partial charge in [0.15, 0.2) is 0 Å². The van der Waals surface area contributed by atoms with E-state index in [1.54, 1.807) is 43.3 Å². The zero-order chi connectivity index (χ0) is 15.6. The van der Waals surface area contributed by atoms with Crippen molar-refractivity contribution < 1.29 is 0 Å². The molecule has 2 aromatic rings. The van der Waals surface area contributed by atoms with E-state index in [1.807, 2.05) is 0 Å². The predicted molar refractivity (Wildman–Crippen MR) is 92.2 cm³/mol. The molecule has 0 saturated heterocycles. The van der Waals surface area contributed by atoms with E-state index in [1.165, 1.54) is 0 Å². The van der Waals surface area contributed by atoms with Crippen molar-refractivity contribution in [2.24, 2.45) is 0 Å². The molecule has 1 unspecified atom stereocenters. The third-order valence-electron chi connectivity index (χ3n) is 3.03. The fourth-order valence-electron chi connectivity index (χ4n) is 1.91. The Kier molecular flexibility index (Phi) is 5.06. The highest BCUT2D eigenvalue weighted by Crippen LogP contribution is 2.36. The highest BCUT2D eigenvalue weighted by atomic mass is 79.9. The van der Waals surface area contributed by atoms with Crippen LogP contribution in [0, 0.1) is 11.3 Å². The minimum atomic E-state index is -1.02. The minimum absolute atomic E-state index is 0.365. The Morgan fingerprint density at radius 1 is 1.14 bits per heavy atom. The highest BCUT2D eigenvalue weighted by Gasteiger charge is 2.29. The molecule has 0 radical (unpaired) electrons. The van der Waals surface area contributed by atoms with Crippen molar-refractivity contribution in [2.45, 2.75) is 12.5 Å². The van der Waals surface area contributed by atoms with Crippen molar-refractivity contribution in [2.75, 3.05) is 5.32 Å². The summed E-state index contributed by atoms with van der Waals surface area (Å²) in [5.41, 5.74) is 0.339. The average Bonchev–Trinajstić information content (AvgIpc) is 2.45. The van der Waals surface area contributed by atoms with E-state index < -0.39 is 5.54 Å². The first-order chi connectivity index (χ1) is 9.87. The van der Waals surface area contributed by atoms with Crippen molar-refractivity contribution in [3.8, 4) is 6.07 Å². The van der Waals surface area contributed by atoms with Gasteiger partial charge in [-0.05, 0) is 47.1 Å². The average molecular weight is 405 g/mol. The summed E-state index contributed by atoms with van der Waals surface area (Å²) >= 11 is 21.6. The van der Waals surface area contributed by atoms with Gasteiger partial charge in [-0.2, -0.15) is 5.26 Å². The summed E-state index contributed by atoms with van der Waals surface area (Å²) in [6.07, 6.45) is 0. The van der Waals surface area contributed by atoms with Gasteiger partial charge in [0.25, 0.3) is 0 Å². The van der Waals surface area contributed by atoms with E-state index in [0.29, 0.717) is 20.6 Å². The first kappa shape index (κ1) is 16.5. The van der Waals surface area contributed by atoms with Crippen LogP contribution in [0.15, 0.2) is 40.9 Å². The van der Waals surface area contributed by atoms with Crippen LogP contribution in [-0.2, 0) is 5.54 Å². The van der Waals surface area contributed by atoms with Crippen LogP contribution in [0.2, 0.25) is 15.1 Å². The lowest BCUT2D eigenvalue weighted by Gasteiger charge is -2.26. The van der Waals surface area contributed by atoms with Crippen molar-refractivity contribution >= 4 is 56.4 Å². The molecule has 0 saturated carbocycles. The third kappa shape index (κ3) is 3.46. The lowest BCUT2D eigenvalue weighted by molar-refractivity contribution is 0.707. The van der Waals surface area contributed by atoms with Gasteiger partial charge >= 0.3 is 0 Å². The Balaban J connectivity index is 2.44. The Labute approximate surface area is 146 Å². The number of rotatable bonds is 3. The molecule has 2 aromatic carbocycles. The quantitative estimate of drug-likeness (QED) is 0.655. The van der Waals surface area contributed by atoms with Gasteiger partial charge in [-0.1, -0.05) is 46.9 Å². The van der Waals surface area contributed by atoms with Crippen LogP contribution in [0.3, 0.4) is 0 Å². The number of nitrogens with one attached hydrogen (secondary N) is 1. The molecule has 0 aliphatic rings. The van der Waals surface area contributed by atoms with Crippen LogP contribution in [0.25, 0.3) is 0 Å². The molecule has 0 aliphatic carbocycles. The van der Waals surface area contributed by atoms with Gasteiger partial charge < -0.3 is 5.32 Å². The fourth-order valence-corrected chi connectivity index (χ4v) is 2.89. The van der Waals surface area contributed by atoms with E-state index in [4.69, 9.17) is 34.8 Å². The predicted octanol–water partition coefficient (Wildman–Crippen LogP) is 6.26. The molecule has 0 bridgehead atoms. The minimum Gasteiger partial charge on any atom is -0.364 e. The van der Waals surface area contributed by atoms with E-state index in [0.717, 1.165) is 10.2 Å². The molecule has 108 valence electrons. The van der Waals surface area contributed by atoms with Crippen LogP contribution in [0.1, 0.15) is 12.5 Å². The summed E-state index contributed by atoms with van der Waals surface area (Å²) in [5, 5.41) is 14.1. The zero-order valence-corrected chi connectivity index (χ0v) is 14.8. The van der Waals surface area contributed by atoms with Crippen molar-refractivity contribution in [1.29, 1.82) is 5.26 Å². The van der Waals surface area contributed by atoms with Crippen LogP contribution in [0.4, 0.5) is 5.69 Å².